The zero-order chi connectivity index (χ0) is 16.2. The predicted octanol–water partition coefficient (Wildman–Crippen LogP) is 2.81. The van der Waals surface area contributed by atoms with E-state index in [0.717, 1.165) is 5.56 Å². The summed E-state index contributed by atoms with van der Waals surface area (Å²) in [5.74, 6) is -0.135. The Hall–Kier alpha value is -2.73. The van der Waals surface area contributed by atoms with Crippen molar-refractivity contribution in [1.82, 2.24) is 4.90 Å². The van der Waals surface area contributed by atoms with Gasteiger partial charge in [-0.15, -0.1) is 0 Å². The summed E-state index contributed by atoms with van der Waals surface area (Å²) in [5, 5.41) is 10.7. The Bertz CT molecular complexity index is 700. The van der Waals surface area contributed by atoms with Gasteiger partial charge < -0.3 is 9.64 Å². The molecule has 0 radical (unpaired) electrons. The third-order valence-corrected chi connectivity index (χ3v) is 3.85. The Morgan fingerprint density at radius 3 is 2.48 bits per heavy atom. The summed E-state index contributed by atoms with van der Waals surface area (Å²) in [6.45, 7) is 1.46. The third-order valence-electron chi connectivity index (χ3n) is 3.85. The molecule has 0 aliphatic carbocycles. The number of hydrogen-bond donors (Lipinski definition) is 0. The van der Waals surface area contributed by atoms with Gasteiger partial charge in [-0.1, -0.05) is 30.3 Å². The fourth-order valence-corrected chi connectivity index (χ4v) is 2.61. The summed E-state index contributed by atoms with van der Waals surface area (Å²) in [4.78, 5) is 24.5. The Morgan fingerprint density at radius 1 is 1.13 bits per heavy atom. The highest BCUT2D eigenvalue weighted by Crippen LogP contribution is 2.23. The van der Waals surface area contributed by atoms with Crippen molar-refractivity contribution in [3.05, 3.63) is 75.8 Å². The molecule has 1 heterocycles. The Morgan fingerprint density at radius 2 is 1.83 bits per heavy atom. The second-order valence-corrected chi connectivity index (χ2v) is 5.33. The zero-order valence-corrected chi connectivity index (χ0v) is 12.4. The van der Waals surface area contributed by atoms with Gasteiger partial charge in [0.25, 0.3) is 11.6 Å². The van der Waals surface area contributed by atoms with Crippen molar-refractivity contribution in [2.45, 2.75) is 6.10 Å². The van der Waals surface area contributed by atoms with Crippen molar-refractivity contribution >= 4 is 11.6 Å². The quantitative estimate of drug-likeness (QED) is 0.645. The highest BCUT2D eigenvalue weighted by atomic mass is 16.6. The molecule has 1 saturated heterocycles. The smallest absolute Gasteiger partial charge is 0.269 e. The number of carbonyl (C=O) groups is 1. The van der Waals surface area contributed by atoms with Crippen molar-refractivity contribution < 1.29 is 14.5 Å². The lowest BCUT2D eigenvalue weighted by molar-refractivity contribution is -0.384. The number of non-ortho nitro benzene ring substituents is 1. The molecule has 0 spiro atoms. The topological polar surface area (TPSA) is 72.7 Å². The number of nitro benzene ring substituents is 1. The van der Waals surface area contributed by atoms with Crippen LogP contribution in [0.25, 0.3) is 0 Å². The first-order valence-corrected chi connectivity index (χ1v) is 7.35. The maximum absolute atomic E-state index is 12.6. The number of carbonyl (C=O) groups excluding carboxylic acids is 1. The van der Waals surface area contributed by atoms with E-state index in [-0.39, 0.29) is 17.7 Å². The van der Waals surface area contributed by atoms with Gasteiger partial charge in [-0.3, -0.25) is 14.9 Å². The Kier molecular flexibility index (Phi) is 4.34. The lowest BCUT2D eigenvalue weighted by Crippen LogP contribution is -2.42. The van der Waals surface area contributed by atoms with Crippen molar-refractivity contribution in [3.63, 3.8) is 0 Å². The van der Waals surface area contributed by atoms with E-state index in [9.17, 15) is 14.9 Å². The molecule has 2 aromatic rings. The molecule has 0 saturated carbocycles. The highest BCUT2D eigenvalue weighted by Gasteiger charge is 2.26. The predicted molar refractivity (Wildman–Crippen MR) is 84.1 cm³/mol. The molecule has 6 nitrogen and oxygen atoms in total. The molecule has 1 atom stereocenters. The molecule has 1 fully saturated rings. The van der Waals surface area contributed by atoms with E-state index < -0.39 is 4.92 Å². The van der Waals surface area contributed by atoms with Crippen LogP contribution in [0.1, 0.15) is 22.0 Å². The summed E-state index contributed by atoms with van der Waals surface area (Å²) in [6.07, 6.45) is -0.146. The van der Waals surface area contributed by atoms with E-state index in [4.69, 9.17) is 4.74 Å². The second-order valence-electron chi connectivity index (χ2n) is 5.33. The molecule has 1 amide bonds. The number of nitrogens with zero attached hydrogens (tertiary/aromatic N) is 2. The first kappa shape index (κ1) is 15.2. The molecular formula is C17H16N2O4. The number of amides is 1. The minimum absolute atomic E-state index is 0.0225. The SMILES string of the molecule is O=C(c1ccc([N+](=O)[O-])cc1)N1CCOC(c2ccccc2)C1. The van der Waals surface area contributed by atoms with Crippen LogP contribution in [0.5, 0.6) is 0 Å². The van der Waals surface area contributed by atoms with E-state index in [1.807, 2.05) is 30.3 Å². The van der Waals surface area contributed by atoms with Crippen molar-refractivity contribution in [1.29, 1.82) is 0 Å². The molecule has 23 heavy (non-hydrogen) atoms. The van der Waals surface area contributed by atoms with Crippen LogP contribution in [0, 0.1) is 10.1 Å². The van der Waals surface area contributed by atoms with Crippen LogP contribution in [0.3, 0.4) is 0 Å². The van der Waals surface area contributed by atoms with Gasteiger partial charge in [-0.25, -0.2) is 0 Å². The van der Waals surface area contributed by atoms with Crippen LogP contribution in [-0.2, 0) is 4.74 Å². The molecule has 1 aliphatic rings. The van der Waals surface area contributed by atoms with E-state index in [0.29, 0.717) is 25.3 Å². The largest absolute Gasteiger partial charge is 0.370 e. The van der Waals surface area contributed by atoms with Gasteiger partial charge in [0.15, 0.2) is 0 Å². The monoisotopic (exact) mass is 312 g/mol. The molecule has 2 aromatic carbocycles. The van der Waals surface area contributed by atoms with Crippen molar-refractivity contribution in [2.24, 2.45) is 0 Å². The van der Waals surface area contributed by atoms with Crippen molar-refractivity contribution in [2.75, 3.05) is 19.7 Å². The van der Waals surface area contributed by atoms with Crippen LogP contribution in [0.4, 0.5) is 5.69 Å². The Labute approximate surface area is 133 Å². The normalized spacial score (nSPS) is 17.7. The minimum Gasteiger partial charge on any atom is -0.370 e. The number of hydrogen-bond acceptors (Lipinski definition) is 4. The van der Waals surface area contributed by atoms with Gasteiger partial charge in [-0.2, -0.15) is 0 Å². The fourth-order valence-electron chi connectivity index (χ4n) is 2.61. The summed E-state index contributed by atoms with van der Waals surface area (Å²) in [7, 11) is 0. The van der Waals surface area contributed by atoms with Crippen LogP contribution in [-0.4, -0.2) is 35.4 Å². The van der Waals surface area contributed by atoms with Crippen LogP contribution < -0.4 is 0 Å². The van der Waals surface area contributed by atoms with Gasteiger partial charge in [-0.05, 0) is 17.7 Å². The molecular weight excluding hydrogens is 296 g/mol. The number of benzene rings is 2. The lowest BCUT2D eigenvalue weighted by atomic mass is 10.1. The number of morpholine rings is 1. The molecule has 118 valence electrons. The van der Waals surface area contributed by atoms with Crippen LogP contribution in [0.15, 0.2) is 54.6 Å². The summed E-state index contributed by atoms with van der Waals surface area (Å²) < 4.78 is 5.75. The Balaban J connectivity index is 1.73. The maximum Gasteiger partial charge on any atom is 0.269 e. The zero-order valence-electron chi connectivity index (χ0n) is 12.4. The first-order valence-electron chi connectivity index (χ1n) is 7.35. The van der Waals surface area contributed by atoms with Gasteiger partial charge in [0.1, 0.15) is 6.10 Å². The third kappa shape index (κ3) is 3.37. The second kappa shape index (κ2) is 6.58. The lowest BCUT2D eigenvalue weighted by Gasteiger charge is -2.33. The maximum atomic E-state index is 12.6. The minimum atomic E-state index is -0.478. The van der Waals surface area contributed by atoms with Gasteiger partial charge in [0, 0.05) is 24.2 Å². The van der Waals surface area contributed by atoms with E-state index >= 15 is 0 Å². The summed E-state index contributed by atoms with van der Waals surface area (Å²) in [5.41, 5.74) is 1.46. The molecule has 1 aliphatic heterocycles. The molecule has 1 unspecified atom stereocenters. The van der Waals surface area contributed by atoms with Gasteiger partial charge >= 0.3 is 0 Å². The number of nitro groups is 1. The summed E-state index contributed by atoms with van der Waals surface area (Å²) in [6, 6.07) is 15.5. The van der Waals surface area contributed by atoms with E-state index in [2.05, 4.69) is 0 Å². The number of rotatable bonds is 3. The molecule has 3 rings (SSSR count). The van der Waals surface area contributed by atoms with Gasteiger partial charge in [0.05, 0.1) is 18.1 Å². The molecule has 0 N–H and O–H groups in total. The van der Waals surface area contributed by atoms with Crippen molar-refractivity contribution in [3.8, 4) is 0 Å². The molecule has 6 heteroatoms. The highest BCUT2D eigenvalue weighted by molar-refractivity contribution is 5.94. The van der Waals surface area contributed by atoms with Crippen LogP contribution in [0.2, 0.25) is 0 Å². The molecule has 0 bridgehead atoms. The average molecular weight is 312 g/mol. The molecule has 0 aromatic heterocycles. The van der Waals surface area contributed by atoms with E-state index in [1.165, 1.54) is 24.3 Å². The van der Waals surface area contributed by atoms with E-state index in [1.54, 1.807) is 4.90 Å². The standard InChI is InChI=1S/C17H16N2O4/c20-17(14-6-8-15(9-7-14)19(21)22)18-10-11-23-16(12-18)13-4-2-1-3-5-13/h1-9,16H,10-12H2. The fraction of sp³-hybridized carbons (Fsp3) is 0.235. The number of ether oxygens (including phenoxy) is 1. The van der Waals surface area contributed by atoms with Gasteiger partial charge in [0.2, 0.25) is 0 Å². The first-order chi connectivity index (χ1) is 11.1. The van der Waals surface area contributed by atoms with Crippen LogP contribution >= 0.6 is 0 Å². The summed E-state index contributed by atoms with van der Waals surface area (Å²) >= 11 is 0. The average Bonchev–Trinajstić information content (AvgIpc) is 2.62.